The molecule has 7 nitrogen and oxygen atoms in total. The number of hydrogen-bond donors (Lipinski definition) is 2. The lowest BCUT2D eigenvalue weighted by Gasteiger charge is -2.46. The molecule has 2 fully saturated rings. The maximum Gasteiger partial charge on any atom is 0.239 e. The first kappa shape index (κ1) is 16.0. The molecule has 2 saturated heterocycles. The molecule has 23 heavy (non-hydrogen) atoms. The molecule has 2 aliphatic heterocycles. The highest BCUT2D eigenvalue weighted by Gasteiger charge is 2.39. The van der Waals surface area contributed by atoms with Gasteiger partial charge in [0.25, 0.3) is 0 Å². The molecule has 1 aromatic heterocycles. The minimum atomic E-state index is 0.0156. The third kappa shape index (κ3) is 3.72. The van der Waals surface area contributed by atoms with Gasteiger partial charge in [-0.1, -0.05) is 0 Å². The quantitative estimate of drug-likeness (QED) is 0.782. The van der Waals surface area contributed by atoms with Crippen LogP contribution in [0.25, 0.3) is 0 Å². The summed E-state index contributed by atoms with van der Waals surface area (Å²) in [6, 6.07) is 2.07. The van der Waals surface area contributed by atoms with Crippen molar-refractivity contribution >= 4 is 11.8 Å². The second kappa shape index (κ2) is 7.12. The molecule has 3 heterocycles. The van der Waals surface area contributed by atoms with Crippen molar-refractivity contribution in [1.82, 2.24) is 25.3 Å². The molecule has 0 saturated carbocycles. The number of carbonyl (C=O) groups is 2. The normalized spacial score (nSPS) is 22.9. The molecule has 2 N–H and O–H groups in total. The number of hydrogen-bond acceptors (Lipinski definition) is 4. The third-order valence-electron chi connectivity index (χ3n) is 4.78. The fourth-order valence-corrected chi connectivity index (χ4v) is 3.40. The van der Waals surface area contributed by atoms with E-state index in [1.165, 1.54) is 0 Å². The van der Waals surface area contributed by atoms with Gasteiger partial charge in [-0.25, -0.2) is 0 Å². The fourth-order valence-electron chi connectivity index (χ4n) is 3.40. The van der Waals surface area contributed by atoms with Gasteiger partial charge in [0, 0.05) is 44.5 Å². The molecular weight excluding hydrogens is 294 g/mol. The van der Waals surface area contributed by atoms with Crippen LogP contribution in [0.2, 0.25) is 0 Å². The summed E-state index contributed by atoms with van der Waals surface area (Å²) in [5.74, 6) is 0.317. The largest absolute Gasteiger partial charge is 0.351 e. The molecular formula is C16H25N5O2. The Morgan fingerprint density at radius 1 is 1.48 bits per heavy atom. The first-order valence-corrected chi connectivity index (χ1v) is 8.48. The number of aryl methyl sites for hydroxylation is 1. The van der Waals surface area contributed by atoms with Gasteiger partial charge >= 0.3 is 0 Å². The molecule has 0 aliphatic carbocycles. The van der Waals surface area contributed by atoms with Gasteiger partial charge in [0.1, 0.15) is 0 Å². The Balaban J connectivity index is 1.39. The Morgan fingerprint density at radius 2 is 2.30 bits per heavy atom. The summed E-state index contributed by atoms with van der Waals surface area (Å²) >= 11 is 0. The van der Waals surface area contributed by atoms with E-state index in [9.17, 15) is 9.59 Å². The Morgan fingerprint density at radius 3 is 3.00 bits per heavy atom. The van der Waals surface area contributed by atoms with Crippen LogP contribution in [0.5, 0.6) is 0 Å². The van der Waals surface area contributed by atoms with E-state index < -0.39 is 0 Å². The summed E-state index contributed by atoms with van der Waals surface area (Å²) in [4.78, 5) is 28.4. The lowest BCUT2D eigenvalue weighted by molar-refractivity contribution is -0.142. The van der Waals surface area contributed by atoms with Gasteiger partial charge in [-0.2, -0.15) is 5.10 Å². The molecule has 7 heteroatoms. The summed E-state index contributed by atoms with van der Waals surface area (Å²) in [6.07, 6.45) is 4.84. The van der Waals surface area contributed by atoms with Crippen molar-refractivity contribution in [3.05, 3.63) is 18.0 Å². The SMILES string of the molecule is CCN1CCCC(N2CC(NC(=O)CCc3ccn[nH]3)C2)C1=O. The van der Waals surface area contributed by atoms with Crippen LogP contribution in [0.3, 0.4) is 0 Å². The number of nitrogens with zero attached hydrogens (tertiary/aromatic N) is 3. The first-order chi connectivity index (χ1) is 11.2. The maximum absolute atomic E-state index is 12.3. The molecule has 2 aliphatic rings. The molecule has 126 valence electrons. The molecule has 0 aromatic carbocycles. The van der Waals surface area contributed by atoms with E-state index in [2.05, 4.69) is 20.4 Å². The van der Waals surface area contributed by atoms with Crippen molar-refractivity contribution < 1.29 is 9.59 Å². The number of H-pyrrole nitrogens is 1. The van der Waals surface area contributed by atoms with E-state index in [-0.39, 0.29) is 23.9 Å². The van der Waals surface area contributed by atoms with Crippen LogP contribution in [0.4, 0.5) is 0 Å². The number of aromatic nitrogens is 2. The monoisotopic (exact) mass is 319 g/mol. The predicted molar refractivity (Wildman–Crippen MR) is 85.7 cm³/mol. The molecule has 2 amide bonds. The van der Waals surface area contributed by atoms with Crippen molar-refractivity contribution in [2.45, 2.75) is 44.7 Å². The van der Waals surface area contributed by atoms with Gasteiger partial charge in [0.05, 0.1) is 12.1 Å². The Bertz CT molecular complexity index is 539. The van der Waals surface area contributed by atoms with Crippen LogP contribution in [-0.2, 0) is 16.0 Å². The molecule has 3 rings (SSSR count). The number of rotatable bonds is 6. The number of carbonyl (C=O) groups excluding carboxylic acids is 2. The van der Waals surface area contributed by atoms with Crippen LogP contribution in [-0.4, -0.2) is 70.1 Å². The number of amides is 2. The van der Waals surface area contributed by atoms with Gasteiger partial charge < -0.3 is 10.2 Å². The van der Waals surface area contributed by atoms with Gasteiger partial charge in [-0.15, -0.1) is 0 Å². The minimum Gasteiger partial charge on any atom is -0.351 e. The second-order valence-electron chi connectivity index (χ2n) is 6.38. The van der Waals surface area contributed by atoms with Crippen LogP contribution in [0.1, 0.15) is 31.9 Å². The van der Waals surface area contributed by atoms with Crippen LogP contribution >= 0.6 is 0 Å². The van der Waals surface area contributed by atoms with E-state index in [1.807, 2.05) is 17.9 Å². The summed E-state index contributed by atoms with van der Waals surface area (Å²) in [5.41, 5.74) is 0.975. The topological polar surface area (TPSA) is 81.3 Å². The van der Waals surface area contributed by atoms with Crippen LogP contribution in [0.15, 0.2) is 12.3 Å². The second-order valence-corrected chi connectivity index (χ2v) is 6.38. The summed E-state index contributed by atoms with van der Waals surface area (Å²) in [5, 5.41) is 9.78. The van der Waals surface area contributed by atoms with Gasteiger partial charge in [-0.3, -0.25) is 19.6 Å². The van der Waals surface area contributed by atoms with E-state index in [0.717, 1.165) is 44.7 Å². The summed E-state index contributed by atoms with van der Waals surface area (Å²) in [6.45, 7) is 5.26. The van der Waals surface area contributed by atoms with Crippen LogP contribution in [0, 0.1) is 0 Å². The van der Waals surface area contributed by atoms with E-state index in [0.29, 0.717) is 12.8 Å². The van der Waals surface area contributed by atoms with Crippen molar-refractivity contribution in [1.29, 1.82) is 0 Å². The van der Waals surface area contributed by atoms with E-state index in [4.69, 9.17) is 0 Å². The third-order valence-corrected chi connectivity index (χ3v) is 4.78. The number of piperidine rings is 1. The fraction of sp³-hybridized carbons (Fsp3) is 0.688. The van der Waals surface area contributed by atoms with Gasteiger partial charge in [0.15, 0.2) is 0 Å². The molecule has 0 radical (unpaired) electrons. The minimum absolute atomic E-state index is 0.0156. The van der Waals surface area contributed by atoms with Crippen molar-refractivity contribution in [3.8, 4) is 0 Å². The maximum atomic E-state index is 12.3. The Kier molecular flexibility index (Phi) is 4.95. The molecule has 1 aromatic rings. The molecule has 1 unspecified atom stereocenters. The van der Waals surface area contributed by atoms with E-state index >= 15 is 0 Å². The lowest BCUT2D eigenvalue weighted by atomic mass is 9.97. The molecule has 0 bridgehead atoms. The van der Waals surface area contributed by atoms with Crippen molar-refractivity contribution in [2.24, 2.45) is 0 Å². The average molecular weight is 319 g/mol. The highest BCUT2D eigenvalue weighted by Crippen LogP contribution is 2.22. The standard InChI is InChI=1S/C16H25N5O2/c1-2-20-9-3-4-14(16(20)23)21-10-13(11-21)18-15(22)6-5-12-7-8-17-19-12/h7-8,13-14H,2-6,9-11H2,1H3,(H,17,19)(H,18,22). The zero-order valence-corrected chi connectivity index (χ0v) is 13.6. The highest BCUT2D eigenvalue weighted by atomic mass is 16.2. The summed E-state index contributed by atoms with van der Waals surface area (Å²) < 4.78 is 0. The Hall–Kier alpha value is -1.89. The lowest BCUT2D eigenvalue weighted by Crippen LogP contribution is -2.66. The summed E-state index contributed by atoms with van der Waals surface area (Å²) in [7, 11) is 0. The zero-order valence-electron chi connectivity index (χ0n) is 13.6. The zero-order chi connectivity index (χ0) is 16.2. The van der Waals surface area contributed by atoms with Gasteiger partial charge in [0.2, 0.25) is 11.8 Å². The average Bonchev–Trinajstić information content (AvgIpc) is 3.03. The number of likely N-dealkylation sites (N-methyl/N-ethyl adjacent to an activating group) is 1. The highest BCUT2D eigenvalue weighted by molar-refractivity contribution is 5.83. The smallest absolute Gasteiger partial charge is 0.239 e. The molecule has 0 spiro atoms. The number of likely N-dealkylation sites (tertiary alicyclic amines) is 2. The predicted octanol–water partition coefficient (Wildman–Crippen LogP) is 0.154. The number of nitrogens with one attached hydrogen (secondary N) is 2. The Labute approximate surface area is 136 Å². The first-order valence-electron chi connectivity index (χ1n) is 8.48. The van der Waals surface area contributed by atoms with Crippen molar-refractivity contribution in [2.75, 3.05) is 26.2 Å². The van der Waals surface area contributed by atoms with E-state index in [1.54, 1.807) is 6.20 Å². The molecule has 1 atom stereocenters. The van der Waals surface area contributed by atoms with Gasteiger partial charge in [-0.05, 0) is 32.3 Å². The van der Waals surface area contributed by atoms with Crippen LogP contribution < -0.4 is 5.32 Å². The number of aromatic amines is 1. The van der Waals surface area contributed by atoms with Crippen molar-refractivity contribution in [3.63, 3.8) is 0 Å².